The van der Waals surface area contributed by atoms with Gasteiger partial charge in [0.1, 0.15) is 0 Å². The molecule has 0 fully saturated rings. The molecule has 0 saturated heterocycles. The van der Waals surface area contributed by atoms with Crippen LogP contribution in [0.5, 0.6) is 28.7 Å². The molecule has 2 rings (SSSR count). The minimum Gasteiger partial charge on any atom is -0.493 e. The van der Waals surface area contributed by atoms with E-state index in [4.69, 9.17) is 28.7 Å². The van der Waals surface area contributed by atoms with Crippen LogP contribution in [0.2, 0.25) is 0 Å². The van der Waals surface area contributed by atoms with Crippen LogP contribution < -0.4 is 23.5 Å². The number of hydrogen-bond acceptors (Lipinski definition) is 7. The molecule has 0 unspecified atom stereocenters. The molecule has 9 nitrogen and oxygen atoms in total. The molecule has 0 aliphatic rings. The fourth-order valence-electron chi connectivity index (χ4n) is 2.49. The molecule has 0 aromatic heterocycles. The van der Waals surface area contributed by atoms with Gasteiger partial charge in [0.2, 0.25) is 5.75 Å². The van der Waals surface area contributed by atoms with E-state index in [0.29, 0.717) is 28.4 Å². The number of ether oxygens (including phenoxy) is 4. The number of carbonyl (C=O) groups excluding carboxylic acids is 1. The summed E-state index contributed by atoms with van der Waals surface area (Å²) in [7, 11) is 0.921. The highest BCUT2D eigenvalue weighted by atomic mass is 31.2. The number of carbonyl (C=O) groups is 1. The number of hydrogen-bond donors (Lipinski definition) is 2. The normalized spacial score (nSPS) is 11.2. The number of rotatable bonds is 9. The lowest BCUT2D eigenvalue weighted by Crippen LogP contribution is -2.00. The average Bonchev–Trinajstić information content (AvgIpc) is 2.69. The summed E-state index contributed by atoms with van der Waals surface area (Å²) in [6.07, 6.45) is 2.77. The molecule has 0 aliphatic heterocycles. The summed E-state index contributed by atoms with van der Waals surface area (Å²) in [5, 5.41) is 0. The van der Waals surface area contributed by atoms with E-state index in [1.807, 2.05) is 0 Å². The highest BCUT2D eigenvalue weighted by Gasteiger charge is 2.19. The smallest absolute Gasteiger partial charge is 0.493 e. The molecular formula is C19H21O9P. The van der Waals surface area contributed by atoms with E-state index in [2.05, 4.69) is 4.52 Å². The summed E-state index contributed by atoms with van der Waals surface area (Å²) in [4.78, 5) is 30.6. The Balaban J connectivity index is 2.33. The minimum absolute atomic E-state index is 0.140. The number of benzene rings is 2. The van der Waals surface area contributed by atoms with Gasteiger partial charge in [-0.15, -0.1) is 0 Å². The molecule has 0 spiro atoms. The molecule has 0 saturated carbocycles. The summed E-state index contributed by atoms with van der Waals surface area (Å²) in [6.45, 7) is 0. The van der Waals surface area contributed by atoms with Gasteiger partial charge < -0.3 is 23.5 Å². The van der Waals surface area contributed by atoms with Gasteiger partial charge in [0.25, 0.3) is 0 Å². The molecule has 0 radical (unpaired) electrons. The molecule has 156 valence electrons. The molecule has 2 N–H and O–H groups in total. The van der Waals surface area contributed by atoms with Gasteiger partial charge in [0.05, 0.1) is 28.4 Å². The zero-order valence-electron chi connectivity index (χ0n) is 16.2. The lowest BCUT2D eigenvalue weighted by atomic mass is 10.1. The van der Waals surface area contributed by atoms with Gasteiger partial charge in [-0.2, -0.15) is 0 Å². The minimum atomic E-state index is -4.77. The van der Waals surface area contributed by atoms with E-state index in [1.165, 1.54) is 64.9 Å². The third kappa shape index (κ3) is 5.74. The van der Waals surface area contributed by atoms with Crippen molar-refractivity contribution in [1.82, 2.24) is 0 Å². The first kappa shape index (κ1) is 22.3. The molecule has 0 atom stereocenters. The van der Waals surface area contributed by atoms with Crippen LogP contribution in [0, 0.1) is 0 Å². The maximum Gasteiger partial charge on any atom is 0.524 e. The van der Waals surface area contributed by atoms with Crippen LogP contribution in [0.4, 0.5) is 0 Å². The number of allylic oxidation sites excluding steroid dienone is 1. The number of phosphoric acid groups is 1. The van der Waals surface area contributed by atoms with Gasteiger partial charge in [-0.05, 0) is 35.9 Å². The van der Waals surface area contributed by atoms with Crippen LogP contribution in [0.1, 0.15) is 15.9 Å². The van der Waals surface area contributed by atoms with Crippen molar-refractivity contribution in [2.75, 3.05) is 28.4 Å². The van der Waals surface area contributed by atoms with Gasteiger partial charge in [-0.1, -0.05) is 12.1 Å². The quantitative estimate of drug-likeness (QED) is 0.355. The summed E-state index contributed by atoms with van der Waals surface area (Å²) in [6, 6.07) is 7.45. The van der Waals surface area contributed by atoms with Crippen molar-refractivity contribution in [3.63, 3.8) is 0 Å². The molecule has 0 heterocycles. The van der Waals surface area contributed by atoms with E-state index >= 15 is 0 Å². The largest absolute Gasteiger partial charge is 0.524 e. The van der Waals surface area contributed by atoms with Crippen LogP contribution in [-0.2, 0) is 4.57 Å². The van der Waals surface area contributed by atoms with E-state index in [9.17, 15) is 9.36 Å². The summed E-state index contributed by atoms with van der Waals surface area (Å²) >= 11 is 0. The zero-order chi connectivity index (χ0) is 21.6. The zero-order valence-corrected chi connectivity index (χ0v) is 17.1. The third-order valence-corrected chi connectivity index (χ3v) is 4.22. The van der Waals surface area contributed by atoms with Gasteiger partial charge in [0.15, 0.2) is 28.8 Å². The van der Waals surface area contributed by atoms with Crippen molar-refractivity contribution in [3.05, 3.63) is 47.5 Å². The Labute approximate surface area is 167 Å². The predicted octanol–water partition coefficient (Wildman–Crippen LogP) is 3.09. The fourth-order valence-corrected chi connectivity index (χ4v) is 2.89. The summed E-state index contributed by atoms with van der Waals surface area (Å²) in [5.41, 5.74) is 0.769. The highest BCUT2D eigenvalue weighted by Crippen LogP contribution is 2.42. The van der Waals surface area contributed by atoms with Gasteiger partial charge in [-0.25, -0.2) is 4.57 Å². The third-order valence-electron chi connectivity index (χ3n) is 3.78. The van der Waals surface area contributed by atoms with E-state index in [0.717, 1.165) is 0 Å². The van der Waals surface area contributed by atoms with E-state index < -0.39 is 7.82 Å². The topological polar surface area (TPSA) is 121 Å². The fraction of sp³-hybridized carbons (Fsp3) is 0.211. The van der Waals surface area contributed by atoms with Crippen molar-refractivity contribution in [2.24, 2.45) is 0 Å². The van der Waals surface area contributed by atoms with E-state index in [1.54, 1.807) is 6.07 Å². The molecular weight excluding hydrogens is 403 g/mol. The maximum absolute atomic E-state index is 12.6. The van der Waals surface area contributed by atoms with E-state index in [-0.39, 0.29) is 17.3 Å². The van der Waals surface area contributed by atoms with Gasteiger partial charge >= 0.3 is 7.82 Å². The maximum atomic E-state index is 12.6. The highest BCUT2D eigenvalue weighted by molar-refractivity contribution is 7.46. The Kier molecular flexibility index (Phi) is 7.28. The summed E-state index contributed by atoms with van der Waals surface area (Å²) in [5.74, 6) is 0.683. The van der Waals surface area contributed by atoms with Crippen LogP contribution in [0.15, 0.2) is 36.4 Å². The Morgan fingerprint density at radius 1 is 0.862 bits per heavy atom. The van der Waals surface area contributed by atoms with Crippen LogP contribution in [-0.4, -0.2) is 44.0 Å². The van der Waals surface area contributed by atoms with Crippen molar-refractivity contribution < 1.29 is 42.6 Å². The number of phosphoric ester groups is 1. The predicted molar refractivity (Wildman–Crippen MR) is 105 cm³/mol. The Morgan fingerprint density at radius 2 is 1.45 bits per heavy atom. The lowest BCUT2D eigenvalue weighted by Gasteiger charge is -2.13. The second-order valence-corrected chi connectivity index (χ2v) is 6.77. The number of ketones is 1. The molecule has 0 bridgehead atoms. The van der Waals surface area contributed by atoms with Crippen molar-refractivity contribution in [1.29, 1.82) is 0 Å². The Hall–Kier alpha value is -3.00. The second kappa shape index (κ2) is 9.47. The second-order valence-electron chi connectivity index (χ2n) is 5.60. The monoisotopic (exact) mass is 424 g/mol. The summed E-state index contributed by atoms with van der Waals surface area (Å²) < 4.78 is 36.4. The molecule has 0 amide bonds. The van der Waals surface area contributed by atoms with Gasteiger partial charge in [0, 0.05) is 5.56 Å². The first-order valence-electron chi connectivity index (χ1n) is 8.18. The first-order valence-corrected chi connectivity index (χ1v) is 9.71. The molecule has 0 aliphatic carbocycles. The SMILES string of the molecule is COc1ccc(C=CC(=O)c2cc(OC)c(OC)c(OC)c2)cc1OP(=O)(O)O. The molecule has 29 heavy (non-hydrogen) atoms. The Morgan fingerprint density at radius 3 is 1.93 bits per heavy atom. The van der Waals surface area contributed by atoms with Crippen LogP contribution in [0.3, 0.4) is 0 Å². The van der Waals surface area contributed by atoms with Crippen molar-refractivity contribution in [2.45, 2.75) is 0 Å². The lowest BCUT2D eigenvalue weighted by molar-refractivity contribution is 0.104. The number of methoxy groups -OCH3 is 4. The first-order chi connectivity index (χ1) is 13.7. The molecule has 2 aromatic carbocycles. The van der Waals surface area contributed by atoms with Crippen molar-refractivity contribution in [3.8, 4) is 28.7 Å². The standard InChI is InChI=1S/C19H21O9P/c1-24-15-8-6-12(9-16(15)28-29(21,22)23)5-7-14(20)13-10-17(25-2)19(27-4)18(11-13)26-3/h5-11H,1-4H3,(H2,21,22,23). The molecule has 2 aromatic rings. The van der Waals surface area contributed by atoms with Crippen molar-refractivity contribution >= 4 is 19.7 Å². The van der Waals surface area contributed by atoms with Crippen LogP contribution >= 0.6 is 7.82 Å². The Bertz CT molecular complexity index is 937. The van der Waals surface area contributed by atoms with Gasteiger partial charge in [-0.3, -0.25) is 14.6 Å². The average molecular weight is 424 g/mol. The van der Waals surface area contributed by atoms with Crippen LogP contribution in [0.25, 0.3) is 6.08 Å². The molecule has 10 heteroatoms.